The molecule has 1 nitrogen and oxygen atoms in total. The first-order valence-electron chi connectivity index (χ1n) is 5.64. The summed E-state index contributed by atoms with van der Waals surface area (Å²) >= 11 is 11.8. The highest BCUT2D eigenvalue weighted by molar-refractivity contribution is 6.42. The van der Waals surface area contributed by atoms with Crippen molar-refractivity contribution in [3.05, 3.63) is 33.8 Å². The van der Waals surface area contributed by atoms with Crippen molar-refractivity contribution in [2.75, 3.05) is 6.54 Å². The molecule has 1 unspecified atom stereocenters. The standard InChI is InChI=1S/C13H17Cl2N/c1-13(2)6-10(13)8-16-7-9-3-4-11(14)12(15)5-9/h3-5,10,16H,6-8H2,1-2H3. The summed E-state index contributed by atoms with van der Waals surface area (Å²) in [6.45, 7) is 6.59. The Kier molecular flexibility index (Phi) is 3.48. The summed E-state index contributed by atoms with van der Waals surface area (Å²) in [7, 11) is 0. The summed E-state index contributed by atoms with van der Waals surface area (Å²) in [6.07, 6.45) is 1.33. The predicted molar refractivity (Wildman–Crippen MR) is 70.1 cm³/mol. The van der Waals surface area contributed by atoms with Gasteiger partial charge in [0.1, 0.15) is 0 Å². The number of hydrogen-bond donors (Lipinski definition) is 1. The van der Waals surface area contributed by atoms with Gasteiger partial charge in [-0.05, 0) is 42.0 Å². The molecule has 1 aliphatic rings. The van der Waals surface area contributed by atoms with Crippen molar-refractivity contribution < 1.29 is 0 Å². The maximum atomic E-state index is 5.95. The van der Waals surface area contributed by atoms with Crippen molar-refractivity contribution in [3.8, 4) is 0 Å². The molecule has 1 aliphatic carbocycles. The van der Waals surface area contributed by atoms with Gasteiger partial charge in [-0.1, -0.05) is 43.1 Å². The van der Waals surface area contributed by atoms with Gasteiger partial charge in [0.2, 0.25) is 0 Å². The Morgan fingerprint density at radius 2 is 2.00 bits per heavy atom. The van der Waals surface area contributed by atoms with E-state index >= 15 is 0 Å². The van der Waals surface area contributed by atoms with Gasteiger partial charge in [-0.3, -0.25) is 0 Å². The van der Waals surface area contributed by atoms with E-state index in [4.69, 9.17) is 23.2 Å². The Morgan fingerprint density at radius 1 is 1.31 bits per heavy atom. The molecule has 0 amide bonds. The van der Waals surface area contributed by atoms with Gasteiger partial charge in [0, 0.05) is 6.54 Å². The van der Waals surface area contributed by atoms with Gasteiger partial charge in [0.15, 0.2) is 0 Å². The molecule has 88 valence electrons. The number of nitrogens with one attached hydrogen (secondary N) is 1. The molecule has 1 saturated carbocycles. The summed E-state index contributed by atoms with van der Waals surface area (Å²) in [6, 6.07) is 5.79. The molecule has 2 rings (SSSR count). The van der Waals surface area contributed by atoms with Crippen molar-refractivity contribution >= 4 is 23.2 Å². The molecule has 1 fully saturated rings. The molecule has 3 heteroatoms. The van der Waals surface area contributed by atoms with Gasteiger partial charge in [0.05, 0.1) is 10.0 Å². The first-order valence-corrected chi connectivity index (χ1v) is 6.39. The highest BCUT2D eigenvalue weighted by Gasteiger charge is 2.44. The van der Waals surface area contributed by atoms with Gasteiger partial charge >= 0.3 is 0 Å². The summed E-state index contributed by atoms with van der Waals surface area (Å²) < 4.78 is 0. The average Bonchev–Trinajstić information content (AvgIpc) is 2.80. The third-order valence-electron chi connectivity index (χ3n) is 3.42. The van der Waals surface area contributed by atoms with E-state index < -0.39 is 0 Å². The van der Waals surface area contributed by atoms with E-state index in [0.29, 0.717) is 15.5 Å². The lowest BCUT2D eigenvalue weighted by molar-refractivity contribution is 0.519. The fourth-order valence-corrected chi connectivity index (χ4v) is 2.29. The van der Waals surface area contributed by atoms with Crippen LogP contribution in [0.15, 0.2) is 18.2 Å². The number of rotatable bonds is 4. The lowest BCUT2D eigenvalue weighted by atomic mass is 10.1. The van der Waals surface area contributed by atoms with E-state index in [9.17, 15) is 0 Å². The fraction of sp³-hybridized carbons (Fsp3) is 0.538. The van der Waals surface area contributed by atoms with Crippen LogP contribution < -0.4 is 5.32 Å². The maximum absolute atomic E-state index is 5.95. The normalized spacial score (nSPS) is 22.1. The second kappa shape index (κ2) is 4.56. The molecule has 1 N–H and O–H groups in total. The van der Waals surface area contributed by atoms with E-state index in [0.717, 1.165) is 19.0 Å². The quantitative estimate of drug-likeness (QED) is 0.856. The van der Waals surface area contributed by atoms with E-state index in [2.05, 4.69) is 19.2 Å². The van der Waals surface area contributed by atoms with Crippen molar-refractivity contribution in [2.24, 2.45) is 11.3 Å². The molecule has 1 aromatic carbocycles. The molecule has 0 heterocycles. The lowest BCUT2D eigenvalue weighted by Crippen LogP contribution is -2.18. The van der Waals surface area contributed by atoms with Gasteiger partial charge in [0.25, 0.3) is 0 Å². The van der Waals surface area contributed by atoms with Crippen molar-refractivity contribution in [1.82, 2.24) is 5.32 Å². The van der Waals surface area contributed by atoms with Crippen LogP contribution in [0.2, 0.25) is 10.0 Å². The molecule has 0 bridgehead atoms. The van der Waals surface area contributed by atoms with E-state index in [1.54, 1.807) is 0 Å². The Hall–Kier alpha value is -0.240. The maximum Gasteiger partial charge on any atom is 0.0595 e. The number of benzene rings is 1. The topological polar surface area (TPSA) is 12.0 Å². The summed E-state index contributed by atoms with van der Waals surface area (Å²) in [5.74, 6) is 0.829. The van der Waals surface area contributed by atoms with Crippen LogP contribution >= 0.6 is 23.2 Å². The molecular formula is C13H17Cl2N. The summed E-state index contributed by atoms with van der Waals surface area (Å²) in [5.41, 5.74) is 1.73. The SMILES string of the molecule is CC1(C)CC1CNCc1ccc(Cl)c(Cl)c1. The zero-order valence-electron chi connectivity index (χ0n) is 9.69. The first kappa shape index (κ1) is 12.2. The highest BCUT2D eigenvalue weighted by atomic mass is 35.5. The molecule has 0 radical (unpaired) electrons. The predicted octanol–water partition coefficient (Wildman–Crippen LogP) is 4.13. The fourth-order valence-electron chi connectivity index (χ4n) is 1.96. The Labute approximate surface area is 107 Å². The minimum Gasteiger partial charge on any atom is -0.312 e. The van der Waals surface area contributed by atoms with Crippen LogP contribution in [-0.2, 0) is 6.54 Å². The Bertz CT molecular complexity index is 388. The molecule has 0 saturated heterocycles. The monoisotopic (exact) mass is 257 g/mol. The van der Waals surface area contributed by atoms with E-state index in [1.165, 1.54) is 12.0 Å². The van der Waals surface area contributed by atoms with Crippen LogP contribution in [0.1, 0.15) is 25.8 Å². The van der Waals surface area contributed by atoms with E-state index in [1.807, 2.05) is 18.2 Å². The lowest BCUT2D eigenvalue weighted by Gasteiger charge is -2.07. The molecule has 16 heavy (non-hydrogen) atoms. The zero-order chi connectivity index (χ0) is 11.8. The average molecular weight is 258 g/mol. The van der Waals surface area contributed by atoms with Crippen LogP contribution in [0.3, 0.4) is 0 Å². The molecule has 1 atom stereocenters. The minimum absolute atomic E-state index is 0.546. The molecule has 0 aromatic heterocycles. The van der Waals surface area contributed by atoms with Crippen LogP contribution in [-0.4, -0.2) is 6.54 Å². The summed E-state index contributed by atoms with van der Waals surface area (Å²) in [5, 5.41) is 4.72. The van der Waals surface area contributed by atoms with Crippen molar-refractivity contribution in [3.63, 3.8) is 0 Å². The molecule has 0 spiro atoms. The molecule has 1 aromatic rings. The van der Waals surface area contributed by atoms with Crippen LogP contribution in [0.25, 0.3) is 0 Å². The van der Waals surface area contributed by atoms with Gasteiger partial charge in [-0.15, -0.1) is 0 Å². The van der Waals surface area contributed by atoms with Crippen LogP contribution in [0.4, 0.5) is 0 Å². The van der Waals surface area contributed by atoms with Gasteiger partial charge < -0.3 is 5.32 Å². The number of hydrogen-bond acceptors (Lipinski definition) is 1. The van der Waals surface area contributed by atoms with Crippen molar-refractivity contribution in [1.29, 1.82) is 0 Å². The second-order valence-corrected chi connectivity index (χ2v) is 6.08. The second-order valence-electron chi connectivity index (χ2n) is 5.27. The Morgan fingerprint density at radius 3 is 2.56 bits per heavy atom. The van der Waals surface area contributed by atoms with Gasteiger partial charge in [-0.2, -0.15) is 0 Å². The largest absolute Gasteiger partial charge is 0.312 e. The third-order valence-corrected chi connectivity index (χ3v) is 4.16. The smallest absolute Gasteiger partial charge is 0.0595 e. The van der Waals surface area contributed by atoms with Crippen LogP contribution in [0.5, 0.6) is 0 Å². The number of halogens is 2. The van der Waals surface area contributed by atoms with Gasteiger partial charge in [-0.25, -0.2) is 0 Å². The van der Waals surface area contributed by atoms with E-state index in [-0.39, 0.29) is 0 Å². The Balaban J connectivity index is 1.79. The first-order chi connectivity index (χ1) is 7.49. The highest BCUT2D eigenvalue weighted by Crippen LogP contribution is 2.50. The zero-order valence-corrected chi connectivity index (χ0v) is 11.2. The molecule has 0 aliphatic heterocycles. The third kappa shape index (κ3) is 2.91. The molecular weight excluding hydrogens is 241 g/mol. The van der Waals surface area contributed by atoms with Crippen molar-refractivity contribution in [2.45, 2.75) is 26.8 Å². The minimum atomic E-state index is 0.546. The van der Waals surface area contributed by atoms with Crippen LogP contribution in [0, 0.1) is 11.3 Å². The summed E-state index contributed by atoms with van der Waals surface area (Å²) in [4.78, 5) is 0.